The third kappa shape index (κ3) is 1.47. The van der Waals surface area contributed by atoms with Crippen LogP contribution in [0.4, 0.5) is 0 Å². The van der Waals surface area contributed by atoms with Gasteiger partial charge in [0.1, 0.15) is 0 Å². The Morgan fingerprint density at radius 1 is 1.23 bits per heavy atom. The van der Waals surface area contributed by atoms with E-state index in [-0.39, 0.29) is 5.82 Å². The van der Waals surface area contributed by atoms with E-state index in [9.17, 15) is 0 Å². The summed E-state index contributed by atoms with van der Waals surface area (Å²) in [6.07, 6.45) is 3.23. The zero-order valence-corrected chi connectivity index (χ0v) is 8.17. The molecule has 1 aromatic heterocycles. The Balaban J connectivity index is 2.52. The first-order chi connectivity index (χ1) is 6.18. The molecule has 0 fully saturated rings. The van der Waals surface area contributed by atoms with Gasteiger partial charge in [-0.05, 0) is 32.5 Å². The third-order valence-corrected chi connectivity index (χ3v) is 2.69. The quantitative estimate of drug-likeness (QED) is 0.556. The maximum Gasteiger partial charge on any atom is 0.0785 e. The van der Waals surface area contributed by atoms with E-state index < -0.39 is 0 Å². The topological polar surface area (TPSA) is 25.8 Å². The fraction of sp³-hybridized carbons (Fsp3) is 0.600. The summed E-state index contributed by atoms with van der Waals surface area (Å²) in [6.45, 7) is 3.99. The maximum atomic E-state index is 5.96. The zero-order valence-electron chi connectivity index (χ0n) is 8.17. The van der Waals surface area contributed by atoms with E-state index in [1.165, 1.54) is 0 Å². The molecule has 3 heteroatoms. The van der Waals surface area contributed by atoms with Crippen LogP contribution < -0.4 is 0 Å². The molecule has 0 spiro atoms. The number of aryl methyl sites for hydroxylation is 3. The molecular weight excluding hydrogens is 159 g/mol. The molecule has 1 aliphatic rings. The zero-order chi connectivity index (χ0) is 9.42. The lowest BCUT2D eigenvalue weighted by atomic mass is 9.75. The van der Waals surface area contributed by atoms with Gasteiger partial charge < -0.3 is 0 Å². The predicted molar refractivity (Wildman–Crippen MR) is 52.9 cm³/mol. The molecule has 0 saturated carbocycles. The van der Waals surface area contributed by atoms with Crippen LogP contribution in [0.15, 0.2) is 0 Å². The van der Waals surface area contributed by atoms with Crippen LogP contribution in [0.25, 0.3) is 0 Å². The van der Waals surface area contributed by atoms with Crippen molar-refractivity contribution in [2.75, 3.05) is 0 Å². The summed E-state index contributed by atoms with van der Waals surface area (Å²) in [4.78, 5) is 9.03. The minimum atomic E-state index is 0.107. The SMILES string of the molecule is [B]C1CCCc2nc(C)c(C)nc21. The molecule has 0 saturated heterocycles. The first-order valence-corrected chi connectivity index (χ1v) is 4.78. The number of hydrogen-bond acceptors (Lipinski definition) is 2. The Hall–Kier alpha value is -0.855. The minimum absolute atomic E-state index is 0.107. The van der Waals surface area contributed by atoms with Gasteiger partial charge >= 0.3 is 0 Å². The van der Waals surface area contributed by atoms with Crippen molar-refractivity contribution in [1.82, 2.24) is 9.97 Å². The molecule has 1 atom stereocenters. The summed E-state index contributed by atoms with van der Waals surface area (Å²) in [5.41, 5.74) is 4.18. The first kappa shape index (κ1) is 8.73. The van der Waals surface area contributed by atoms with E-state index in [1.54, 1.807) is 0 Å². The molecule has 0 N–H and O–H groups in total. The number of aromatic nitrogens is 2. The summed E-state index contributed by atoms with van der Waals surface area (Å²) in [5.74, 6) is 0.107. The summed E-state index contributed by atoms with van der Waals surface area (Å²) < 4.78 is 0. The van der Waals surface area contributed by atoms with E-state index in [0.29, 0.717) is 0 Å². The molecule has 1 aliphatic carbocycles. The molecule has 0 bridgehead atoms. The van der Waals surface area contributed by atoms with E-state index >= 15 is 0 Å². The lowest BCUT2D eigenvalue weighted by Crippen LogP contribution is -2.15. The molecule has 0 aromatic carbocycles. The van der Waals surface area contributed by atoms with Crippen molar-refractivity contribution in [3.63, 3.8) is 0 Å². The molecule has 1 aromatic rings. The van der Waals surface area contributed by atoms with Crippen LogP contribution in [-0.4, -0.2) is 17.8 Å². The second-order valence-corrected chi connectivity index (χ2v) is 3.73. The largest absolute Gasteiger partial charge is 0.255 e. The Morgan fingerprint density at radius 2 is 1.92 bits per heavy atom. The molecule has 0 amide bonds. The van der Waals surface area contributed by atoms with Crippen LogP contribution in [0.2, 0.25) is 0 Å². The van der Waals surface area contributed by atoms with Gasteiger partial charge in [0.15, 0.2) is 0 Å². The second kappa shape index (κ2) is 3.13. The molecule has 2 nitrogen and oxygen atoms in total. The van der Waals surface area contributed by atoms with Crippen molar-refractivity contribution in [3.05, 3.63) is 22.8 Å². The molecule has 1 unspecified atom stereocenters. The Bertz CT molecular complexity index is 336. The molecular formula is C10H13BN2. The van der Waals surface area contributed by atoms with E-state index in [4.69, 9.17) is 7.85 Å². The molecule has 66 valence electrons. The standard InChI is InChI=1S/C10H13BN2/c1-6-7(2)13-10-8(11)4-3-5-9(10)12-6/h8H,3-5H2,1-2H3. The number of fused-ring (bicyclic) bond motifs is 1. The average Bonchev–Trinajstić information content (AvgIpc) is 2.09. The monoisotopic (exact) mass is 172 g/mol. The van der Waals surface area contributed by atoms with Crippen LogP contribution >= 0.6 is 0 Å². The summed E-state index contributed by atoms with van der Waals surface area (Å²) >= 11 is 0. The Morgan fingerprint density at radius 3 is 2.69 bits per heavy atom. The van der Waals surface area contributed by atoms with Crippen molar-refractivity contribution in [1.29, 1.82) is 0 Å². The van der Waals surface area contributed by atoms with Crippen LogP contribution in [-0.2, 0) is 6.42 Å². The fourth-order valence-electron chi connectivity index (χ4n) is 1.77. The minimum Gasteiger partial charge on any atom is -0.255 e. The number of hydrogen-bond donors (Lipinski definition) is 0. The second-order valence-electron chi connectivity index (χ2n) is 3.73. The van der Waals surface area contributed by atoms with E-state index in [0.717, 1.165) is 42.0 Å². The van der Waals surface area contributed by atoms with Crippen LogP contribution in [0.5, 0.6) is 0 Å². The predicted octanol–water partition coefficient (Wildman–Crippen LogP) is 1.64. The number of nitrogens with zero attached hydrogens (tertiary/aromatic N) is 2. The molecule has 2 radical (unpaired) electrons. The molecule has 2 rings (SSSR count). The van der Waals surface area contributed by atoms with Gasteiger partial charge in [0.05, 0.1) is 30.6 Å². The average molecular weight is 172 g/mol. The van der Waals surface area contributed by atoms with Crippen molar-refractivity contribution in [2.45, 2.75) is 38.9 Å². The summed E-state index contributed by atoms with van der Waals surface area (Å²) in [5, 5.41) is 0. The Kier molecular flexibility index (Phi) is 2.10. The van der Waals surface area contributed by atoms with Gasteiger partial charge in [0, 0.05) is 0 Å². The van der Waals surface area contributed by atoms with Gasteiger partial charge in [-0.1, -0.05) is 6.42 Å². The lowest BCUT2D eigenvalue weighted by Gasteiger charge is -2.21. The highest BCUT2D eigenvalue weighted by Crippen LogP contribution is 2.26. The van der Waals surface area contributed by atoms with Gasteiger partial charge in [-0.2, -0.15) is 0 Å². The van der Waals surface area contributed by atoms with Crippen molar-refractivity contribution in [2.24, 2.45) is 0 Å². The number of rotatable bonds is 0. The van der Waals surface area contributed by atoms with Crippen molar-refractivity contribution >= 4 is 7.85 Å². The van der Waals surface area contributed by atoms with Crippen LogP contribution in [0, 0.1) is 13.8 Å². The van der Waals surface area contributed by atoms with Gasteiger partial charge in [-0.25, -0.2) is 0 Å². The molecule has 1 heterocycles. The normalized spacial score (nSPS) is 21.2. The smallest absolute Gasteiger partial charge is 0.0785 e. The van der Waals surface area contributed by atoms with Crippen LogP contribution in [0.3, 0.4) is 0 Å². The first-order valence-electron chi connectivity index (χ1n) is 4.78. The van der Waals surface area contributed by atoms with Gasteiger partial charge in [0.25, 0.3) is 0 Å². The van der Waals surface area contributed by atoms with E-state index in [2.05, 4.69) is 9.97 Å². The van der Waals surface area contributed by atoms with Crippen molar-refractivity contribution < 1.29 is 0 Å². The third-order valence-electron chi connectivity index (χ3n) is 2.69. The lowest BCUT2D eigenvalue weighted by molar-refractivity contribution is 0.625. The fourth-order valence-corrected chi connectivity index (χ4v) is 1.77. The highest BCUT2D eigenvalue weighted by molar-refractivity contribution is 6.12. The van der Waals surface area contributed by atoms with Gasteiger partial charge in [-0.3, -0.25) is 9.97 Å². The van der Waals surface area contributed by atoms with Gasteiger partial charge in [-0.15, -0.1) is 0 Å². The maximum absolute atomic E-state index is 5.96. The molecule has 13 heavy (non-hydrogen) atoms. The molecule has 0 aliphatic heterocycles. The van der Waals surface area contributed by atoms with Crippen LogP contribution in [0.1, 0.15) is 41.4 Å². The van der Waals surface area contributed by atoms with Gasteiger partial charge in [0.2, 0.25) is 0 Å². The van der Waals surface area contributed by atoms with E-state index in [1.807, 2.05) is 13.8 Å². The highest BCUT2D eigenvalue weighted by atomic mass is 14.8. The Labute approximate surface area is 80.2 Å². The highest BCUT2D eigenvalue weighted by Gasteiger charge is 2.19. The summed E-state index contributed by atoms with van der Waals surface area (Å²) in [7, 11) is 5.96. The summed E-state index contributed by atoms with van der Waals surface area (Å²) in [6, 6.07) is 0. The van der Waals surface area contributed by atoms with Crippen molar-refractivity contribution in [3.8, 4) is 0 Å².